The average molecular weight is 426 g/mol. The molecule has 1 spiro atoms. The first kappa shape index (κ1) is 19.3. The number of aromatic nitrogens is 3. The normalized spacial score (nSPS) is 18.4. The molecule has 30 heavy (non-hydrogen) atoms. The predicted octanol–water partition coefficient (Wildman–Crippen LogP) is 2.19. The Bertz CT molecular complexity index is 1140. The smallest absolute Gasteiger partial charge is 0.294 e. The third-order valence-electron chi connectivity index (χ3n) is 5.66. The number of nitrogens with zero attached hydrogens (tertiary/aromatic N) is 4. The van der Waals surface area contributed by atoms with Gasteiger partial charge in [0.2, 0.25) is 5.91 Å². The van der Waals surface area contributed by atoms with E-state index in [0.717, 1.165) is 15.3 Å². The van der Waals surface area contributed by atoms with Crippen LogP contribution in [0.3, 0.4) is 0 Å². The number of likely N-dealkylation sites (tertiary alicyclic amines) is 1. The third-order valence-corrected chi connectivity index (χ3v) is 6.87. The van der Waals surface area contributed by atoms with Gasteiger partial charge in [0.15, 0.2) is 11.3 Å². The van der Waals surface area contributed by atoms with Gasteiger partial charge in [0, 0.05) is 31.5 Å². The van der Waals surface area contributed by atoms with Crippen molar-refractivity contribution in [3.63, 3.8) is 0 Å². The van der Waals surface area contributed by atoms with Crippen LogP contribution in [0.2, 0.25) is 0 Å². The van der Waals surface area contributed by atoms with Crippen LogP contribution in [0.1, 0.15) is 18.5 Å². The molecule has 8 nitrogen and oxygen atoms in total. The molecule has 3 aromatic rings. The molecule has 0 saturated carbocycles. The van der Waals surface area contributed by atoms with Crippen LogP contribution < -0.4 is 5.56 Å². The molecule has 2 aliphatic rings. The van der Waals surface area contributed by atoms with Gasteiger partial charge in [-0.25, -0.2) is 9.67 Å². The summed E-state index contributed by atoms with van der Waals surface area (Å²) in [6.07, 6.45) is 1.29. The summed E-state index contributed by atoms with van der Waals surface area (Å²) in [5.74, 6) is -0.662. The number of ether oxygens (including phenoxy) is 2. The zero-order valence-corrected chi connectivity index (χ0v) is 17.5. The number of aryl methyl sites for hydroxylation is 1. The summed E-state index contributed by atoms with van der Waals surface area (Å²) < 4.78 is 13.4. The zero-order valence-electron chi connectivity index (χ0n) is 16.7. The van der Waals surface area contributed by atoms with Crippen molar-refractivity contribution in [2.75, 3.05) is 26.3 Å². The highest BCUT2D eigenvalue weighted by Crippen LogP contribution is 2.32. The Balaban J connectivity index is 1.37. The number of rotatable bonds is 3. The van der Waals surface area contributed by atoms with Gasteiger partial charge in [0.25, 0.3) is 5.56 Å². The lowest BCUT2D eigenvalue weighted by Crippen LogP contribution is -2.48. The molecule has 9 heteroatoms. The minimum Gasteiger partial charge on any atom is -0.347 e. The minimum absolute atomic E-state index is 0.0947. The first-order chi connectivity index (χ1) is 14.5. The number of thiazole rings is 1. The molecular formula is C21H22N4O4S. The Morgan fingerprint density at radius 1 is 1.17 bits per heavy atom. The molecule has 2 aromatic heterocycles. The van der Waals surface area contributed by atoms with Gasteiger partial charge in [-0.3, -0.25) is 9.59 Å². The van der Waals surface area contributed by atoms with Crippen molar-refractivity contribution in [1.29, 1.82) is 0 Å². The van der Waals surface area contributed by atoms with E-state index in [1.54, 1.807) is 4.90 Å². The molecule has 2 fully saturated rings. The van der Waals surface area contributed by atoms with Crippen molar-refractivity contribution in [2.24, 2.45) is 0 Å². The molecule has 0 bridgehead atoms. The Kier molecular flexibility index (Phi) is 4.88. The maximum Gasteiger partial charge on any atom is 0.294 e. The average Bonchev–Trinajstić information content (AvgIpc) is 3.41. The van der Waals surface area contributed by atoms with E-state index in [1.807, 2.05) is 37.3 Å². The summed E-state index contributed by atoms with van der Waals surface area (Å²) in [5.41, 5.74) is 1.68. The van der Waals surface area contributed by atoms with E-state index < -0.39 is 5.79 Å². The molecule has 2 aliphatic heterocycles. The Hall–Kier alpha value is -2.62. The first-order valence-electron chi connectivity index (χ1n) is 10.0. The van der Waals surface area contributed by atoms with Crippen LogP contribution in [0.25, 0.3) is 20.8 Å². The molecule has 0 atom stereocenters. The maximum atomic E-state index is 13.0. The summed E-state index contributed by atoms with van der Waals surface area (Å²) in [4.78, 5) is 32.1. The molecule has 0 radical (unpaired) electrons. The van der Waals surface area contributed by atoms with Crippen LogP contribution in [-0.4, -0.2) is 57.7 Å². The fraction of sp³-hybridized carbons (Fsp3) is 0.429. The summed E-state index contributed by atoms with van der Waals surface area (Å²) in [6.45, 7) is 4.04. The second kappa shape index (κ2) is 7.57. The van der Waals surface area contributed by atoms with E-state index in [0.29, 0.717) is 50.4 Å². The van der Waals surface area contributed by atoms with E-state index in [9.17, 15) is 9.59 Å². The summed E-state index contributed by atoms with van der Waals surface area (Å²) >= 11 is 1.45. The van der Waals surface area contributed by atoms with E-state index in [-0.39, 0.29) is 18.0 Å². The second-order valence-corrected chi connectivity index (χ2v) is 8.60. The standard InChI is InChI=1S/C21H22N4O4S/c1-14-18-17(22-19(30-18)15-5-3-2-4-6-15)20(27)25(23-14)13-16(26)24-9-7-21(8-10-24)28-11-12-29-21/h2-6H,7-13H2,1H3. The van der Waals surface area contributed by atoms with E-state index in [4.69, 9.17) is 9.47 Å². The summed E-state index contributed by atoms with van der Waals surface area (Å²) in [7, 11) is 0. The number of carbonyl (C=O) groups excluding carboxylic acids is 1. The van der Waals surface area contributed by atoms with Crippen molar-refractivity contribution in [1.82, 2.24) is 19.7 Å². The molecule has 5 rings (SSSR count). The van der Waals surface area contributed by atoms with Crippen LogP contribution in [0.5, 0.6) is 0 Å². The quantitative estimate of drug-likeness (QED) is 0.638. The van der Waals surface area contributed by atoms with Crippen LogP contribution in [-0.2, 0) is 20.8 Å². The highest BCUT2D eigenvalue weighted by molar-refractivity contribution is 7.21. The Morgan fingerprint density at radius 3 is 2.57 bits per heavy atom. The van der Waals surface area contributed by atoms with Crippen molar-refractivity contribution >= 4 is 27.5 Å². The number of hydrogen-bond donors (Lipinski definition) is 0. The van der Waals surface area contributed by atoms with E-state index >= 15 is 0 Å². The van der Waals surface area contributed by atoms with Gasteiger partial charge in [0.1, 0.15) is 11.6 Å². The number of fused-ring (bicyclic) bond motifs is 1. The van der Waals surface area contributed by atoms with Crippen LogP contribution in [0.15, 0.2) is 35.1 Å². The largest absolute Gasteiger partial charge is 0.347 e. The summed E-state index contributed by atoms with van der Waals surface area (Å²) in [6, 6.07) is 9.74. The van der Waals surface area contributed by atoms with Gasteiger partial charge < -0.3 is 14.4 Å². The summed E-state index contributed by atoms with van der Waals surface area (Å²) in [5, 5.41) is 5.16. The van der Waals surface area contributed by atoms with Crippen LogP contribution >= 0.6 is 11.3 Å². The van der Waals surface area contributed by atoms with Gasteiger partial charge >= 0.3 is 0 Å². The molecule has 0 unspecified atom stereocenters. The minimum atomic E-state index is -0.532. The fourth-order valence-electron chi connectivity index (χ4n) is 4.03. The molecule has 4 heterocycles. The lowest BCUT2D eigenvalue weighted by molar-refractivity contribution is -0.187. The molecule has 2 saturated heterocycles. The van der Waals surface area contributed by atoms with Gasteiger partial charge in [-0.15, -0.1) is 11.3 Å². The van der Waals surface area contributed by atoms with E-state index in [1.165, 1.54) is 16.0 Å². The highest BCUT2D eigenvalue weighted by atomic mass is 32.1. The molecule has 0 N–H and O–H groups in total. The highest BCUT2D eigenvalue weighted by Gasteiger charge is 2.40. The van der Waals surface area contributed by atoms with Gasteiger partial charge in [-0.05, 0) is 6.92 Å². The number of hydrogen-bond acceptors (Lipinski definition) is 7. The molecule has 0 aliphatic carbocycles. The second-order valence-electron chi connectivity index (χ2n) is 7.60. The predicted molar refractivity (Wildman–Crippen MR) is 112 cm³/mol. The number of piperidine rings is 1. The molecule has 1 amide bonds. The topological polar surface area (TPSA) is 86.5 Å². The lowest BCUT2D eigenvalue weighted by atomic mass is 10.0. The first-order valence-corrected chi connectivity index (χ1v) is 10.9. The van der Waals surface area contributed by atoms with E-state index in [2.05, 4.69) is 10.1 Å². The van der Waals surface area contributed by atoms with Crippen molar-refractivity contribution < 1.29 is 14.3 Å². The van der Waals surface area contributed by atoms with Crippen LogP contribution in [0, 0.1) is 6.92 Å². The third kappa shape index (κ3) is 3.42. The molecule has 1 aromatic carbocycles. The lowest BCUT2D eigenvalue weighted by Gasteiger charge is -2.37. The van der Waals surface area contributed by atoms with Crippen LogP contribution in [0.4, 0.5) is 0 Å². The van der Waals surface area contributed by atoms with Crippen molar-refractivity contribution in [3.05, 3.63) is 46.4 Å². The molecular weight excluding hydrogens is 404 g/mol. The monoisotopic (exact) mass is 426 g/mol. The van der Waals surface area contributed by atoms with Gasteiger partial charge in [-0.2, -0.15) is 5.10 Å². The van der Waals surface area contributed by atoms with Gasteiger partial charge in [-0.1, -0.05) is 30.3 Å². The Morgan fingerprint density at radius 2 is 1.87 bits per heavy atom. The van der Waals surface area contributed by atoms with Crippen molar-refractivity contribution in [2.45, 2.75) is 32.1 Å². The van der Waals surface area contributed by atoms with Gasteiger partial charge in [0.05, 0.1) is 23.6 Å². The zero-order chi connectivity index (χ0) is 20.7. The fourth-order valence-corrected chi connectivity index (χ4v) is 5.03. The number of carbonyl (C=O) groups is 1. The Labute approximate surface area is 177 Å². The molecule has 156 valence electrons. The maximum absolute atomic E-state index is 13.0. The number of benzene rings is 1. The number of amides is 1. The SMILES string of the molecule is Cc1nn(CC(=O)N2CCC3(CC2)OCCO3)c(=O)c2nc(-c3ccccc3)sc12. The van der Waals surface area contributed by atoms with Crippen molar-refractivity contribution in [3.8, 4) is 10.6 Å².